The number of halogens is 1. The minimum atomic E-state index is -0.812. The summed E-state index contributed by atoms with van der Waals surface area (Å²) in [6.45, 7) is 2.71. The molecule has 6 nitrogen and oxygen atoms in total. The predicted molar refractivity (Wildman–Crippen MR) is 103 cm³/mol. The van der Waals surface area contributed by atoms with Crippen LogP contribution in [0.1, 0.15) is 37.8 Å². The van der Waals surface area contributed by atoms with Crippen LogP contribution in [0.2, 0.25) is 5.02 Å². The fraction of sp³-hybridized carbons (Fsp3) is 0.556. The Balaban J connectivity index is 1.49. The largest absolute Gasteiger partial charge is 0.480 e. The van der Waals surface area contributed by atoms with Crippen LogP contribution in [0.5, 0.6) is 0 Å². The van der Waals surface area contributed by atoms with Crippen LogP contribution in [-0.2, 0) is 4.79 Å². The zero-order valence-electron chi connectivity index (χ0n) is 14.7. The number of carboxylic acid groups (broad SMARTS) is 1. The molecule has 0 spiro atoms. The van der Waals surface area contributed by atoms with Gasteiger partial charge in [0.2, 0.25) is 0 Å². The highest BCUT2D eigenvalue weighted by atomic mass is 35.5. The molecule has 0 aromatic heterocycles. The van der Waals surface area contributed by atoms with Crippen molar-refractivity contribution in [3.63, 3.8) is 0 Å². The Labute approximate surface area is 162 Å². The number of carboxylic acids is 1. The number of carbonyl (C=O) groups is 2. The van der Waals surface area contributed by atoms with E-state index in [2.05, 4.69) is 10.6 Å². The Morgan fingerprint density at radius 1 is 1.35 bits per heavy atom. The molecule has 1 unspecified atom stereocenters. The number of urea groups is 1. The number of hydrogen-bond donors (Lipinski definition) is 3. The lowest BCUT2D eigenvalue weighted by Crippen LogP contribution is -2.56. The first kappa shape index (κ1) is 19.3. The van der Waals surface area contributed by atoms with Gasteiger partial charge in [0.1, 0.15) is 0 Å². The Kier molecular flexibility index (Phi) is 6.32. The lowest BCUT2D eigenvalue weighted by Gasteiger charge is -2.42. The van der Waals surface area contributed by atoms with E-state index in [0.717, 1.165) is 30.6 Å². The Morgan fingerprint density at radius 3 is 2.81 bits per heavy atom. The maximum Gasteiger partial charge on any atom is 0.317 e. The van der Waals surface area contributed by atoms with Crippen molar-refractivity contribution in [3.8, 4) is 0 Å². The highest BCUT2D eigenvalue weighted by Gasteiger charge is 2.35. The summed E-state index contributed by atoms with van der Waals surface area (Å²) >= 11 is 7.89. The second-order valence-electron chi connectivity index (χ2n) is 6.77. The monoisotopic (exact) mass is 397 g/mol. The minimum absolute atomic E-state index is 0.0278. The van der Waals surface area contributed by atoms with Crippen LogP contribution in [0.4, 0.5) is 4.79 Å². The van der Waals surface area contributed by atoms with Crippen LogP contribution in [0.15, 0.2) is 23.1 Å². The van der Waals surface area contributed by atoms with E-state index in [1.807, 2.05) is 30.0 Å². The van der Waals surface area contributed by atoms with Crippen LogP contribution in [-0.4, -0.2) is 52.9 Å². The standard InChI is InChI=1S/C18H24ClN3O3S/c1-2-22(10-17(23)24)13-8-12(9-13)20-18(25)21-15-5-6-26-16-4-3-11(19)7-14(15)16/h3-4,7,12-13,15H,2,5-6,8-10H2,1H3,(H,23,24)(H2,20,21,25). The van der Waals surface area contributed by atoms with Crippen LogP contribution in [0.25, 0.3) is 0 Å². The number of nitrogens with zero attached hydrogens (tertiary/aromatic N) is 1. The van der Waals surface area contributed by atoms with Gasteiger partial charge in [-0.2, -0.15) is 0 Å². The summed E-state index contributed by atoms with van der Waals surface area (Å²) in [7, 11) is 0. The lowest BCUT2D eigenvalue weighted by molar-refractivity contribution is -0.139. The Hall–Kier alpha value is -1.44. The number of likely N-dealkylation sites (N-methyl/N-ethyl adjacent to an activating group) is 1. The van der Waals surface area contributed by atoms with Gasteiger partial charge in [-0.05, 0) is 49.6 Å². The third-order valence-corrected chi connectivity index (χ3v) is 6.38. The first-order valence-corrected chi connectivity index (χ1v) is 10.3. The van der Waals surface area contributed by atoms with Gasteiger partial charge >= 0.3 is 12.0 Å². The zero-order chi connectivity index (χ0) is 18.7. The zero-order valence-corrected chi connectivity index (χ0v) is 16.3. The average Bonchev–Trinajstić information content (AvgIpc) is 2.56. The van der Waals surface area contributed by atoms with Crippen molar-refractivity contribution in [1.82, 2.24) is 15.5 Å². The van der Waals surface area contributed by atoms with Gasteiger partial charge in [-0.1, -0.05) is 18.5 Å². The number of aliphatic carboxylic acids is 1. The smallest absolute Gasteiger partial charge is 0.317 e. The number of hydrogen-bond acceptors (Lipinski definition) is 4. The van der Waals surface area contributed by atoms with E-state index in [1.54, 1.807) is 11.8 Å². The number of carbonyl (C=O) groups excluding carboxylic acids is 1. The number of benzene rings is 1. The van der Waals surface area contributed by atoms with E-state index >= 15 is 0 Å². The first-order chi connectivity index (χ1) is 12.5. The molecule has 0 radical (unpaired) electrons. The van der Waals surface area contributed by atoms with Crippen molar-refractivity contribution in [2.24, 2.45) is 0 Å². The molecule has 3 rings (SSSR count). The second kappa shape index (κ2) is 8.50. The van der Waals surface area contributed by atoms with Crippen molar-refractivity contribution in [2.45, 2.75) is 49.2 Å². The summed E-state index contributed by atoms with van der Waals surface area (Å²) in [5, 5.41) is 15.7. The van der Waals surface area contributed by atoms with E-state index in [4.69, 9.17) is 16.7 Å². The molecule has 1 heterocycles. The van der Waals surface area contributed by atoms with Crippen molar-refractivity contribution in [2.75, 3.05) is 18.8 Å². The molecule has 8 heteroatoms. The summed E-state index contributed by atoms with van der Waals surface area (Å²) in [6, 6.07) is 5.94. The Morgan fingerprint density at radius 2 is 2.12 bits per heavy atom. The summed E-state index contributed by atoms with van der Waals surface area (Å²) in [6.07, 6.45) is 2.45. The van der Waals surface area contributed by atoms with Crippen LogP contribution < -0.4 is 10.6 Å². The Bertz CT molecular complexity index is 682. The molecule has 3 N–H and O–H groups in total. The third-order valence-electron chi connectivity index (χ3n) is 5.03. The van der Waals surface area contributed by atoms with Crippen LogP contribution in [0.3, 0.4) is 0 Å². The maximum absolute atomic E-state index is 12.4. The fourth-order valence-electron chi connectivity index (χ4n) is 3.58. The first-order valence-electron chi connectivity index (χ1n) is 8.91. The topological polar surface area (TPSA) is 81.7 Å². The van der Waals surface area contributed by atoms with E-state index in [1.165, 1.54) is 4.90 Å². The second-order valence-corrected chi connectivity index (χ2v) is 8.34. The lowest BCUT2D eigenvalue weighted by atomic mass is 9.85. The molecule has 0 bridgehead atoms. The quantitative estimate of drug-likeness (QED) is 0.687. The van der Waals surface area contributed by atoms with Gasteiger partial charge in [0.25, 0.3) is 0 Å². The van der Waals surface area contributed by atoms with Gasteiger partial charge in [0, 0.05) is 27.8 Å². The normalized spacial score (nSPS) is 24.5. The predicted octanol–water partition coefficient (Wildman–Crippen LogP) is 3.11. The van der Waals surface area contributed by atoms with Crippen molar-refractivity contribution in [1.29, 1.82) is 0 Å². The number of thioether (sulfide) groups is 1. The summed E-state index contributed by atoms with van der Waals surface area (Å²) in [5.74, 6) is 0.152. The molecule has 1 fully saturated rings. The summed E-state index contributed by atoms with van der Waals surface area (Å²) < 4.78 is 0. The molecule has 2 aliphatic rings. The van der Waals surface area contributed by atoms with Gasteiger partial charge in [-0.3, -0.25) is 9.69 Å². The van der Waals surface area contributed by atoms with Gasteiger partial charge in [0.05, 0.1) is 12.6 Å². The van der Waals surface area contributed by atoms with E-state index in [0.29, 0.717) is 11.6 Å². The highest BCUT2D eigenvalue weighted by molar-refractivity contribution is 7.99. The molecule has 1 aliphatic carbocycles. The molecule has 2 amide bonds. The summed E-state index contributed by atoms with van der Waals surface area (Å²) in [4.78, 5) is 26.4. The van der Waals surface area contributed by atoms with Gasteiger partial charge in [0.15, 0.2) is 0 Å². The van der Waals surface area contributed by atoms with E-state index < -0.39 is 5.97 Å². The molecule has 0 saturated heterocycles. The molecular formula is C18H24ClN3O3S. The molecule has 26 heavy (non-hydrogen) atoms. The molecule has 1 aliphatic heterocycles. The SMILES string of the molecule is CCN(CC(=O)O)C1CC(NC(=O)NC2CCSc3ccc(Cl)cc32)C1. The van der Waals surface area contributed by atoms with Gasteiger partial charge in [-0.15, -0.1) is 11.8 Å². The minimum Gasteiger partial charge on any atom is -0.480 e. The highest BCUT2D eigenvalue weighted by Crippen LogP contribution is 2.37. The van der Waals surface area contributed by atoms with Crippen LogP contribution in [0, 0.1) is 0 Å². The van der Waals surface area contributed by atoms with E-state index in [-0.39, 0.29) is 30.7 Å². The third kappa shape index (κ3) is 4.64. The van der Waals surface area contributed by atoms with Gasteiger partial charge in [-0.25, -0.2) is 4.79 Å². The van der Waals surface area contributed by atoms with Crippen molar-refractivity contribution >= 4 is 35.4 Å². The van der Waals surface area contributed by atoms with Crippen molar-refractivity contribution < 1.29 is 14.7 Å². The molecule has 1 atom stereocenters. The molecule has 142 valence electrons. The number of fused-ring (bicyclic) bond motifs is 1. The molecule has 1 saturated carbocycles. The molecular weight excluding hydrogens is 374 g/mol. The number of amides is 2. The number of rotatable bonds is 6. The molecule has 1 aromatic rings. The molecule has 1 aromatic carbocycles. The van der Waals surface area contributed by atoms with Crippen molar-refractivity contribution in [3.05, 3.63) is 28.8 Å². The summed E-state index contributed by atoms with van der Waals surface area (Å²) in [5.41, 5.74) is 1.08. The maximum atomic E-state index is 12.4. The number of nitrogens with one attached hydrogen (secondary N) is 2. The van der Waals surface area contributed by atoms with Crippen LogP contribution >= 0.6 is 23.4 Å². The average molecular weight is 398 g/mol. The fourth-order valence-corrected chi connectivity index (χ4v) is 4.86. The van der Waals surface area contributed by atoms with E-state index in [9.17, 15) is 9.59 Å². The van der Waals surface area contributed by atoms with Gasteiger partial charge < -0.3 is 15.7 Å².